The average Bonchev–Trinajstić information content (AvgIpc) is 3.28. The monoisotopic (exact) mass is 571 g/mol. The number of hydrogen-bond donors (Lipinski definition) is 4. The van der Waals surface area contributed by atoms with Crippen molar-refractivity contribution in [1.29, 1.82) is 0 Å². The quantitative estimate of drug-likeness (QED) is 0.0993. The number of carboxylic acid groups (broad SMARTS) is 2. The third-order valence-electron chi connectivity index (χ3n) is 5.55. The Labute approximate surface area is 247 Å². The Morgan fingerprint density at radius 2 is 1.97 bits per heavy atom. The van der Waals surface area contributed by atoms with Gasteiger partial charge in [0.15, 0.2) is 29.8 Å². The summed E-state index contributed by atoms with van der Waals surface area (Å²) in [4.78, 5) is 59.9. The van der Waals surface area contributed by atoms with E-state index >= 15 is 0 Å². The molecule has 2 aromatic heterocycles. The first-order chi connectivity index (χ1) is 17.5. The molecule has 5 N–H and O–H groups in total. The van der Waals surface area contributed by atoms with Crippen molar-refractivity contribution in [3.05, 3.63) is 52.9 Å². The van der Waals surface area contributed by atoms with E-state index in [0.717, 1.165) is 11.3 Å². The number of carbonyl (C=O) groups excluding carboxylic acids is 2. The van der Waals surface area contributed by atoms with Gasteiger partial charge in [-0.2, -0.15) is 0 Å². The van der Waals surface area contributed by atoms with Gasteiger partial charge in [0.05, 0.1) is 0 Å². The summed E-state index contributed by atoms with van der Waals surface area (Å²) in [6.45, 7) is 2.80. The number of hydrogen-bond acceptors (Lipinski definition) is 10. The van der Waals surface area contributed by atoms with Crippen molar-refractivity contribution >= 4 is 87.3 Å². The van der Waals surface area contributed by atoms with Gasteiger partial charge in [-0.25, -0.2) is 19.1 Å². The minimum absolute atomic E-state index is 0. The third-order valence-corrected chi connectivity index (χ3v) is 7.56. The summed E-state index contributed by atoms with van der Waals surface area (Å²) in [5.41, 5.74) is 4.04. The molecule has 16 heteroatoms. The fourth-order valence-electron chi connectivity index (χ4n) is 3.57. The molecule has 2 aliphatic rings. The van der Waals surface area contributed by atoms with Crippen LogP contribution in [-0.2, 0) is 30.6 Å². The van der Waals surface area contributed by atoms with E-state index in [9.17, 15) is 29.4 Å². The molecule has 1 fully saturated rings. The van der Waals surface area contributed by atoms with Gasteiger partial charge >= 0.3 is 41.5 Å². The summed E-state index contributed by atoms with van der Waals surface area (Å²) in [7, 11) is 0. The van der Waals surface area contributed by atoms with E-state index in [1.54, 1.807) is 12.4 Å². The number of amides is 2. The number of nitrogens with two attached hydrogens (primary N) is 1. The molecule has 0 saturated carbocycles. The van der Waals surface area contributed by atoms with Crippen LogP contribution in [0.1, 0.15) is 19.5 Å². The number of pyridine rings is 1. The molecule has 2 aliphatic heterocycles. The van der Waals surface area contributed by atoms with Gasteiger partial charge in [0.25, 0.3) is 11.8 Å². The van der Waals surface area contributed by atoms with Crippen LogP contribution in [0.4, 0.5) is 5.13 Å². The Morgan fingerprint density at radius 3 is 2.55 bits per heavy atom. The molecule has 13 nitrogen and oxygen atoms in total. The summed E-state index contributed by atoms with van der Waals surface area (Å²) in [6, 6.07) is 4.44. The second-order valence-corrected chi connectivity index (χ2v) is 10.6. The molecule has 2 aromatic rings. The zero-order chi connectivity index (χ0) is 26.9. The first-order valence-corrected chi connectivity index (χ1v) is 12.8. The van der Waals surface area contributed by atoms with Crippen LogP contribution < -0.4 is 15.6 Å². The van der Waals surface area contributed by atoms with Crippen molar-refractivity contribution in [3.8, 4) is 0 Å². The fraction of sp³-hybridized carbons (Fsp3) is 0.318. The molecule has 2 atom stereocenters. The summed E-state index contributed by atoms with van der Waals surface area (Å²) in [6.07, 6.45) is 3.59. The zero-order valence-corrected chi connectivity index (χ0v) is 21.3. The van der Waals surface area contributed by atoms with Crippen LogP contribution in [0.25, 0.3) is 0 Å². The first-order valence-electron chi connectivity index (χ1n) is 10.9. The van der Waals surface area contributed by atoms with E-state index in [1.165, 1.54) is 35.9 Å². The number of oxime groups is 1. The van der Waals surface area contributed by atoms with Crippen LogP contribution in [0.15, 0.2) is 52.4 Å². The van der Waals surface area contributed by atoms with Gasteiger partial charge in [0, 0.05) is 28.8 Å². The Balaban J connectivity index is 0.00000400. The second-order valence-electron chi connectivity index (χ2n) is 8.58. The Kier molecular flexibility index (Phi) is 9.20. The molecule has 0 unspecified atom stereocenters. The van der Waals surface area contributed by atoms with Crippen LogP contribution in [0.5, 0.6) is 0 Å². The van der Waals surface area contributed by atoms with Gasteiger partial charge in [-0.1, -0.05) is 11.2 Å². The van der Waals surface area contributed by atoms with Crippen LogP contribution in [0.2, 0.25) is 0 Å². The van der Waals surface area contributed by atoms with Crippen LogP contribution in [0.3, 0.4) is 0 Å². The van der Waals surface area contributed by atoms with Gasteiger partial charge in [-0.05, 0) is 13.8 Å². The van der Waals surface area contributed by atoms with Crippen molar-refractivity contribution in [3.63, 3.8) is 0 Å². The van der Waals surface area contributed by atoms with Crippen LogP contribution >= 0.6 is 23.1 Å². The number of anilines is 1. The Bertz CT molecular complexity index is 1330. The molecular weight excluding hydrogens is 547 g/mol. The number of nitrogens with one attached hydrogen (secondary N) is 1. The van der Waals surface area contributed by atoms with E-state index in [1.807, 2.05) is 22.8 Å². The normalized spacial score (nSPS) is 19.2. The molecule has 0 spiro atoms. The molecule has 0 radical (unpaired) electrons. The number of thioether (sulfide) groups is 1. The molecule has 4 heterocycles. The fourth-order valence-corrected chi connectivity index (χ4v) is 5.46. The predicted octanol–water partition coefficient (Wildman–Crippen LogP) is -0.613. The molecule has 1 saturated heterocycles. The molecule has 0 aromatic carbocycles. The van der Waals surface area contributed by atoms with E-state index in [-0.39, 0.29) is 51.8 Å². The first kappa shape index (κ1) is 29.6. The third kappa shape index (κ3) is 6.02. The standard InChI is InChI=1S/C22H22N6O7S2.Na.H/c1-22(2,20(33)34)35-26-13(12-10-37-21(23)24-12)16(29)25-14-17(30)28-15(19(31)32)11(9-36-18(14)28)8-27-6-4-3-5-7-27;;/h3-7,10,14,18H,8-9H2,1-2H3,(H4-,23,24,25,29,31,32,33,34);;/p+1/b26-13+;;/t14-,18-;;/m1../s1. The molecule has 2 amide bonds. The van der Waals surface area contributed by atoms with E-state index < -0.39 is 40.8 Å². The second kappa shape index (κ2) is 11.8. The van der Waals surface area contributed by atoms with E-state index in [4.69, 9.17) is 10.6 Å². The average molecular weight is 572 g/mol. The van der Waals surface area contributed by atoms with Crippen molar-refractivity contribution in [1.82, 2.24) is 15.2 Å². The maximum absolute atomic E-state index is 13.1. The van der Waals surface area contributed by atoms with Gasteiger partial charge in [0.1, 0.15) is 22.8 Å². The molecule has 0 bridgehead atoms. The Hall–Kier alpha value is -2.98. The molecule has 4 rings (SSSR count). The summed E-state index contributed by atoms with van der Waals surface area (Å²) < 4.78 is 1.81. The Morgan fingerprint density at radius 1 is 1.29 bits per heavy atom. The van der Waals surface area contributed by atoms with Crippen LogP contribution in [0, 0.1) is 0 Å². The topological polar surface area (TPSA) is 188 Å². The summed E-state index contributed by atoms with van der Waals surface area (Å²) >= 11 is 2.35. The van der Waals surface area contributed by atoms with Crippen molar-refractivity contribution in [2.75, 3.05) is 11.5 Å². The number of rotatable bonds is 9. The zero-order valence-electron chi connectivity index (χ0n) is 19.7. The molecule has 38 heavy (non-hydrogen) atoms. The number of aliphatic carboxylic acids is 2. The summed E-state index contributed by atoms with van der Waals surface area (Å²) in [5, 5.41) is 26.3. The number of carbonyl (C=O) groups is 4. The molecule has 0 aliphatic carbocycles. The molecular formula is C22H24N6NaO7S2+. The van der Waals surface area contributed by atoms with Gasteiger partial charge in [-0.15, -0.1) is 23.1 Å². The summed E-state index contributed by atoms with van der Waals surface area (Å²) in [5.74, 6) is -3.66. The predicted molar refractivity (Wildman–Crippen MR) is 139 cm³/mol. The van der Waals surface area contributed by atoms with Gasteiger partial charge in [-0.3, -0.25) is 14.5 Å². The minimum atomic E-state index is -1.75. The molecule has 196 valence electrons. The van der Waals surface area contributed by atoms with Crippen molar-refractivity contribution < 1.29 is 38.8 Å². The number of β-lactam (4-membered cyclic amide) rings is 1. The van der Waals surface area contributed by atoms with E-state index in [0.29, 0.717) is 17.9 Å². The number of nitrogens with zero attached hydrogens (tertiary/aromatic N) is 4. The van der Waals surface area contributed by atoms with Gasteiger partial charge in [0.2, 0.25) is 5.60 Å². The number of carboxylic acids is 2. The van der Waals surface area contributed by atoms with E-state index in [2.05, 4.69) is 15.5 Å². The number of aromatic nitrogens is 2. The SMILES string of the molecule is CC(C)(O/N=C(/C(=O)N[C@@H]1C(=O)N2C(C(=O)O)=C(C[n+]3ccccc3)CS[C@H]12)c1csc(N)n1)C(=O)O.[NaH]. The number of nitrogen functional groups attached to an aromatic ring is 1. The van der Waals surface area contributed by atoms with Crippen molar-refractivity contribution in [2.24, 2.45) is 5.16 Å². The maximum atomic E-state index is 13.1. The van der Waals surface area contributed by atoms with Crippen LogP contribution in [-0.4, -0.2) is 102 Å². The van der Waals surface area contributed by atoms with Crippen molar-refractivity contribution in [2.45, 2.75) is 37.4 Å². The number of thiazole rings is 1. The number of fused-ring (bicyclic) bond motifs is 1. The van der Waals surface area contributed by atoms with Gasteiger partial charge < -0.3 is 26.1 Å².